The summed E-state index contributed by atoms with van der Waals surface area (Å²) in [4.78, 5) is 13.1. The number of para-hydroxylation sites is 1. The molecule has 0 saturated heterocycles. The molecule has 0 bridgehead atoms. The van der Waals surface area contributed by atoms with E-state index in [2.05, 4.69) is 15.5 Å². The van der Waals surface area contributed by atoms with E-state index >= 15 is 0 Å². The van der Waals surface area contributed by atoms with E-state index in [-0.39, 0.29) is 12.1 Å². The Labute approximate surface area is 190 Å². The molecule has 0 saturated carbocycles. The molecule has 32 heavy (non-hydrogen) atoms. The zero-order chi connectivity index (χ0) is 22.6. The maximum Gasteiger partial charge on any atom is 0.259 e. The quantitative estimate of drug-likeness (QED) is 0.437. The molecule has 3 aromatic carbocycles. The summed E-state index contributed by atoms with van der Waals surface area (Å²) in [5, 5.41) is 11.9. The summed E-state index contributed by atoms with van der Waals surface area (Å²) in [7, 11) is -3.65. The van der Waals surface area contributed by atoms with Crippen molar-refractivity contribution in [1.29, 1.82) is 0 Å². The molecule has 9 heteroatoms. The fourth-order valence-electron chi connectivity index (χ4n) is 3.15. The molecule has 0 aliphatic rings. The molecule has 7 nitrogen and oxygen atoms in total. The molecule has 0 unspecified atom stereocenters. The number of amides is 1. The molecular weight excluding hydrogens is 444 g/mol. The highest BCUT2D eigenvalue weighted by Crippen LogP contribution is 2.29. The van der Waals surface area contributed by atoms with Crippen LogP contribution in [0.4, 0.5) is 10.8 Å². The lowest BCUT2D eigenvalue weighted by Crippen LogP contribution is -2.31. The monoisotopic (exact) mass is 464 g/mol. The van der Waals surface area contributed by atoms with Crippen molar-refractivity contribution in [3.63, 3.8) is 0 Å². The van der Waals surface area contributed by atoms with Gasteiger partial charge in [0.05, 0.1) is 24.1 Å². The molecule has 0 aliphatic carbocycles. The van der Waals surface area contributed by atoms with E-state index in [0.717, 1.165) is 17.4 Å². The number of nitrogens with zero attached hydrogens (tertiary/aromatic N) is 3. The third-order valence-electron chi connectivity index (χ3n) is 4.65. The number of hydrogen-bond donors (Lipinski definition) is 1. The average molecular weight is 465 g/mol. The van der Waals surface area contributed by atoms with E-state index in [9.17, 15) is 13.2 Å². The Morgan fingerprint density at radius 1 is 0.906 bits per heavy atom. The Hall–Kier alpha value is -3.56. The van der Waals surface area contributed by atoms with Crippen LogP contribution in [0.15, 0.2) is 84.9 Å². The predicted octanol–water partition coefficient (Wildman–Crippen LogP) is 4.42. The van der Waals surface area contributed by atoms with Crippen LogP contribution < -0.4 is 9.62 Å². The number of rotatable bonds is 7. The van der Waals surface area contributed by atoms with E-state index in [1.54, 1.807) is 24.3 Å². The first-order valence-electron chi connectivity index (χ1n) is 9.73. The van der Waals surface area contributed by atoms with Gasteiger partial charge in [-0.3, -0.25) is 14.4 Å². The number of aromatic nitrogens is 2. The van der Waals surface area contributed by atoms with Gasteiger partial charge in [-0.25, -0.2) is 8.42 Å². The first kappa shape index (κ1) is 21.7. The summed E-state index contributed by atoms with van der Waals surface area (Å²) < 4.78 is 26.4. The molecule has 0 aliphatic heterocycles. The van der Waals surface area contributed by atoms with Crippen molar-refractivity contribution in [2.45, 2.75) is 6.54 Å². The first-order valence-corrected chi connectivity index (χ1v) is 12.4. The van der Waals surface area contributed by atoms with Gasteiger partial charge in [-0.15, -0.1) is 10.2 Å². The number of anilines is 2. The second-order valence-corrected chi connectivity index (χ2v) is 9.89. The molecule has 1 N–H and O–H groups in total. The third-order valence-corrected chi connectivity index (χ3v) is 6.67. The van der Waals surface area contributed by atoms with Gasteiger partial charge >= 0.3 is 0 Å². The van der Waals surface area contributed by atoms with E-state index < -0.39 is 15.9 Å². The Kier molecular flexibility index (Phi) is 6.29. The van der Waals surface area contributed by atoms with Crippen molar-refractivity contribution < 1.29 is 13.2 Å². The number of nitrogens with one attached hydrogen (secondary N) is 1. The maximum atomic E-state index is 13.1. The summed E-state index contributed by atoms with van der Waals surface area (Å²) in [6, 6.07) is 25.4. The van der Waals surface area contributed by atoms with Crippen molar-refractivity contribution in [2.75, 3.05) is 15.9 Å². The van der Waals surface area contributed by atoms with E-state index in [0.29, 0.717) is 15.8 Å². The van der Waals surface area contributed by atoms with E-state index in [1.165, 1.54) is 15.6 Å². The highest BCUT2D eigenvalue weighted by molar-refractivity contribution is 7.92. The largest absolute Gasteiger partial charge is 0.296 e. The van der Waals surface area contributed by atoms with Crippen LogP contribution in [0.1, 0.15) is 15.9 Å². The van der Waals surface area contributed by atoms with Gasteiger partial charge in [0, 0.05) is 5.56 Å². The SMILES string of the molecule is CS(=O)(=O)N(Cc1ccccc1)c1ccccc1C(=O)Nc1nnc(-c2ccccc2)s1. The highest BCUT2D eigenvalue weighted by Gasteiger charge is 2.24. The number of carbonyl (C=O) groups excluding carboxylic acids is 1. The van der Waals surface area contributed by atoms with Crippen molar-refractivity contribution in [3.8, 4) is 10.6 Å². The molecule has 4 aromatic rings. The first-order chi connectivity index (χ1) is 15.4. The molecule has 0 atom stereocenters. The fourth-order valence-corrected chi connectivity index (χ4v) is 4.79. The van der Waals surface area contributed by atoms with E-state index in [1.807, 2.05) is 60.7 Å². The number of carbonyl (C=O) groups is 1. The molecule has 1 aromatic heterocycles. The van der Waals surface area contributed by atoms with Crippen LogP contribution in [0, 0.1) is 0 Å². The van der Waals surface area contributed by atoms with Crippen molar-refractivity contribution in [1.82, 2.24) is 10.2 Å². The van der Waals surface area contributed by atoms with Crippen molar-refractivity contribution in [2.24, 2.45) is 0 Å². The summed E-state index contributed by atoms with van der Waals surface area (Å²) in [6.07, 6.45) is 1.13. The van der Waals surface area contributed by atoms with Gasteiger partial charge in [0.2, 0.25) is 15.2 Å². The van der Waals surface area contributed by atoms with Gasteiger partial charge in [-0.1, -0.05) is 84.1 Å². The molecule has 162 valence electrons. The smallest absolute Gasteiger partial charge is 0.259 e. The fraction of sp³-hybridized carbons (Fsp3) is 0.0870. The number of hydrogen-bond acceptors (Lipinski definition) is 6. The Balaban J connectivity index is 1.62. The normalized spacial score (nSPS) is 11.2. The van der Waals surface area contributed by atoms with Gasteiger partial charge in [0.1, 0.15) is 5.01 Å². The zero-order valence-electron chi connectivity index (χ0n) is 17.2. The lowest BCUT2D eigenvalue weighted by molar-refractivity contribution is 0.102. The number of sulfonamides is 1. The van der Waals surface area contributed by atoms with Crippen LogP contribution >= 0.6 is 11.3 Å². The molecule has 0 fully saturated rings. The van der Waals surface area contributed by atoms with Crippen LogP contribution in [0.5, 0.6) is 0 Å². The topological polar surface area (TPSA) is 92.3 Å². The number of benzene rings is 3. The summed E-state index contributed by atoms with van der Waals surface area (Å²) in [5.74, 6) is -0.460. The Bertz CT molecular complexity index is 1320. The zero-order valence-corrected chi connectivity index (χ0v) is 18.8. The lowest BCUT2D eigenvalue weighted by Gasteiger charge is -2.24. The average Bonchev–Trinajstić information content (AvgIpc) is 3.26. The van der Waals surface area contributed by atoms with Crippen LogP contribution in [-0.2, 0) is 16.6 Å². The van der Waals surface area contributed by atoms with Crippen LogP contribution in [0.2, 0.25) is 0 Å². The lowest BCUT2D eigenvalue weighted by atomic mass is 10.1. The standard InChI is InChI=1S/C23H20N4O3S2/c1-32(29,30)27(16-17-10-4-2-5-11-17)20-15-9-8-14-19(20)21(28)24-23-26-25-22(31-23)18-12-6-3-7-13-18/h2-15H,16H2,1H3,(H,24,26,28). The Morgan fingerprint density at radius 3 is 2.22 bits per heavy atom. The summed E-state index contributed by atoms with van der Waals surface area (Å²) in [6.45, 7) is 0.112. The Morgan fingerprint density at radius 2 is 1.53 bits per heavy atom. The van der Waals surface area contributed by atoms with Gasteiger partial charge in [0.15, 0.2) is 0 Å². The van der Waals surface area contributed by atoms with E-state index in [4.69, 9.17) is 0 Å². The third kappa shape index (κ3) is 5.01. The second kappa shape index (κ2) is 9.29. The molecule has 0 spiro atoms. The molecule has 0 radical (unpaired) electrons. The minimum atomic E-state index is -3.65. The van der Waals surface area contributed by atoms with Crippen molar-refractivity contribution >= 4 is 38.1 Å². The van der Waals surface area contributed by atoms with Gasteiger partial charge in [-0.2, -0.15) is 0 Å². The van der Waals surface area contributed by atoms with Gasteiger partial charge in [0.25, 0.3) is 5.91 Å². The van der Waals surface area contributed by atoms with Crippen LogP contribution in [0.25, 0.3) is 10.6 Å². The van der Waals surface area contributed by atoms with Gasteiger partial charge < -0.3 is 0 Å². The molecule has 4 rings (SSSR count). The second-order valence-electron chi connectivity index (χ2n) is 7.00. The summed E-state index contributed by atoms with van der Waals surface area (Å²) in [5.41, 5.74) is 2.23. The molecular formula is C23H20N4O3S2. The molecule has 1 heterocycles. The highest BCUT2D eigenvalue weighted by atomic mass is 32.2. The minimum absolute atomic E-state index is 0.112. The molecule has 1 amide bonds. The van der Waals surface area contributed by atoms with Gasteiger partial charge in [-0.05, 0) is 17.7 Å². The van der Waals surface area contributed by atoms with Crippen molar-refractivity contribution in [3.05, 3.63) is 96.1 Å². The predicted molar refractivity (Wildman–Crippen MR) is 127 cm³/mol. The minimum Gasteiger partial charge on any atom is -0.296 e. The summed E-state index contributed by atoms with van der Waals surface area (Å²) >= 11 is 1.25. The van der Waals surface area contributed by atoms with Crippen LogP contribution in [-0.4, -0.2) is 30.8 Å². The maximum absolute atomic E-state index is 13.1. The van der Waals surface area contributed by atoms with Crippen LogP contribution in [0.3, 0.4) is 0 Å².